The van der Waals surface area contributed by atoms with Crippen molar-refractivity contribution in [1.82, 2.24) is 4.90 Å². The Kier molecular flexibility index (Phi) is 5.08. The highest BCUT2D eigenvalue weighted by Crippen LogP contribution is 2.23. The first-order valence-corrected chi connectivity index (χ1v) is 4.70. The van der Waals surface area contributed by atoms with Gasteiger partial charge in [-0.1, -0.05) is 20.8 Å². The molecule has 14 heavy (non-hydrogen) atoms. The van der Waals surface area contributed by atoms with Crippen LogP contribution in [0.4, 0.5) is 0 Å². The van der Waals surface area contributed by atoms with Gasteiger partial charge in [-0.25, -0.2) is 0 Å². The quantitative estimate of drug-likeness (QED) is 0.726. The number of carboxylic acids is 1. The van der Waals surface area contributed by atoms with Crippen LogP contribution >= 0.6 is 0 Å². The molecule has 0 aromatic rings. The number of hydrogen-bond acceptors (Lipinski definition) is 3. The summed E-state index contributed by atoms with van der Waals surface area (Å²) in [4.78, 5) is 12.4. The minimum Gasteiger partial charge on any atom is -0.480 e. The minimum absolute atomic E-state index is 0.0141. The van der Waals surface area contributed by atoms with Crippen molar-refractivity contribution in [1.29, 1.82) is 0 Å². The van der Waals surface area contributed by atoms with E-state index >= 15 is 0 Å². The molecule has 0 radical (unpaired) electrons. The van der Waals surface area contributed by atoms with E-state index in [1.807, 2.05) is 11.9 Å². The average Bonchev–Trinajstić information content (AvgIpc) is 1.96. The lowest BCUT2D eigenvalue weighted by atomic mass is 9.86. The molecule has 0 saturated heterocycles. The fourth-order valence-electron chi connectivity index (χ4n) is 1.52. The Hall–Kier alpha value is -0.610. The Bertz CT molecular complexity index is 186. The van der Waals surface area contributed by atoms with Crippen molar-refractivity contribution < 1.29 is 14.6 Å². The third-order valence-electron chi connectivity index (χ3n) is 2.24. The van der Waals surface area contributed by atoms with Gasteiger partial charge in [-0.05, 0) is 12.5 Å². The number of hydrogen-bond donors (Lipinski definition) is 1. The SMILES string of the molecule is COCC(N(C)CC(=O)O)C(C)(C)C. The molecule has 1 unspecified atom stereocenters. The molecule has 0 aliphatic heterocycles. The van der Waals surface area contributed by atoms with Gasteiger partial charge in [0.2, 0.25) is 0 Å². The molecular weight excluding hydrogens is 182 g/mol. The third-order valence-corrected chi connectivity index (χ3v) is 2.24. The van der Waals surface area contributed by atoms with E-state index < -0.39 is 5.97 Å². The van der Waals surface area contributed by atoms with Crippen LogP contribution in [-0.2, 0) is 9.53 Å². The predicted molar refractivity (Wildman–Crippen MR) is 55.4 cm³/mol. The van der Waals surface area contributed by atoms with Crippen molar-refractivity contribution >= 4 is 5.97 Å². The average molecular weight is 203 g/mol. The first-order chi connectivity index (χ1) is 6.29. The number of methoxy groups -OCH3 is 1. The fraction of sp³-hybridized carbons (Fsp3) is 0.900. The molecular formula is C10H21NO3. The number of carboxylic acid groups (broad SMARTS) is 1. The number of ether oxygens (including phenoxy) is 1. The summed E-state index contributed by atoms with van der Waals surface area (Å²) in [5, 5.41) is 8.68. The van der Waals surface area contributed by atoms with Crippen molar-refractivity contribution in [3.05, 3.63) is 0 Å². The van der Waals surface area contributed by atoms with Crippen LogP contribution < -0.4 is 0 Å². The summed E-state index contributed by atoms with van der Waals surface area (Å²) in [6.45, 7) is 6.83. The summed E-state index contributed by atoms with van der Waals surface area (Å²) in [6.07, 6.45) is 0. The van der Waals surface area contributed by atoms with Crippen LogP contribution in [0.1, 0.15) is 20.8 Å². The highest BCUT2D eigenvalue weighted by Gasteiger charge is 2.29. The molecule has 1 N–H and O–H groups in total. The van der Waals surface area contributed by atoms with Gasteiger partial charge in [-0.2, -0.15) is 0 Å². The molecule has 0 aliphatic carbocycles. The lowest BCUT2D eigenvalue weighted by molar-refractivity contribution is -0.139. The molecule has 0 spiro atoms. The molecule has 0 aromatic heterocycles. The van der Waals surface area contributed by atoms with Gasteiger partial charge < -0.3 is 9.84 Å². The van der Waals surface area contributed by atoms with Crippen molar-refractivity contribution in [2.24, 2.45) is 5.41 Å². The van der Waals surface area contributed by atoms with Gasteiger partial charge in [0.15, 0.2) is 0 Å². The number of likely N-dealkylation sites (N-methyl/N-ethyl adjacent to an activating group) is 1. The van der Waals surface area contributed by atoms with E-state index in [9.17, 15) is 4.79 Å². The number of aliphatic carboxylic acids is 1. The molecule has 0 amide bonds. The number of carbonyl (C=O) groups is 1. The Morgan fingerprint density at radius 2 is 2.00 bits per heavy atom. The highest BCUT2D eigenvalue weighted by molar-refractivity contribution is 5.69. The number of nitrogens with zero attached hydrogens (tertiary/aromatic N) is 1. The monoisotopic (exact) mass is 203 g/mol. The molecule has 4 nitrogen and oxygen atoms in total. The molecule has 4 heteroatoms. The van der Waals surface area contributed by atoms with Crippen LogP contribution in [0.5, 0.6) is 0 Å². The fourth-order valence-corrected chi connectivity index (χ4v) is 1.52. The summed E-state index contributed by atoms with van der Waals surface area (Å²) in [5.41, 5.74) is 0.0141. The molecule has 0 aliphatic rings. The van der Waals surface area contributed by atoms with E-state index in [4.69, 9.17) is 9.84 Å². The molecule has 0 rings (SSSR count). The Labute approximate surface area is 85.9 Å². The van der Waals surface area contributed by atoms with Gasteiger partial charge in [0.25, 0.3) is 0 Å². The summed E-state index contributed by atoms with van der Waals surface area (Å²) < 4.78 is 5.10. The van der Waals surface area contributed by atoms with Crippen LogP contribution in [0, 0.1) is 5.41 Å². The number of rotatable bonds is 5. The van der Waals surface area contributed by atoms with Gasteiger partial charge in [0.1, 0.15) is 0 Å². The molecule has 0 heterocycles. The second kappa shape index (κ2) is 5.32. The summed E-state index contributed by atoms with van der Waals surface area (Å²) in [5.74, 6) is -0.808. The Morgan fingerprint density at radius 1 is 1.50 bits per heavy atom. The summed E-state index contributed by atoms with van der Waals surface area (Å²) in [7, 11) is 3.44. The molecule has 0 bridgehead atoms. The van der Waals surface area contributed by atoms with E-state index in [0.29, 0.717) is 6.61 Å². The maximum absolute atomic E-state index is 10.6. The van der Waals surface area contributed by atoms with Gasteiger partial charge in [-0.3, -0.25) is 9.69 Å². The topological polar surface area (TPSA) is 49.8 Å². The van der Waals surface area contributed by atoms with E-state index in [1.54, 1.807) is 7.11 Å². The van der Waals surface area contributed by atoms with Crippen LogP contribution in [0.25, 0.3) is 0 Å². The van der Waals surface area contributed by atoms with Crippen molar-refractivity contribution in [2.75, 3.05) is 27.3 Å². The highest BCUT2D eigenvalue weighted by atomic mass is 16.5. The van der Waals surface area contributed by atoms with Gasteiger partial charge in [0, 0.05) is 13.2 Å². The van der Waals surface area contributed by atoms with Gasteiger partial charge in [0.05, 0.1) is 13.2 Å². The first kappa shape index (κ1) is 13.4. The summed E-state index contributed by atoms with van der Waals surface area (Å²) in [6, 6.07) is 0.114. The first-order valence-electron chi connectivity index (χ1n) is 4.70. The van der Waals surface area contributed by atoms with E-state index in [0.717, 1.165) is 0 Å². The lowest BCUT2D eigenvalue weighted by Crippen LogP contribution is -2.46. The van der Waals surface area contributed by atoms with Crippen molar-refractivity contribution in [3.63, 3.8) is 0 Å². The summed E-state index contributed by atoms with van der Waals surface area (Å²) >= 11 is 0. The normalized spacial score (nSPS) is 14.4. The molecule has 0 fully saturated rings. The van der Waals surface area contributed by atoms with Gasteiger partial charge >= 0.3 is 5.97 Å². The smallest absolute Gasteiger partial charge is 0.317 e. The second-order valence-corrected chi connectivity index (χ2v) is 4.65. The third kappa shape index (κ3) is 4.58. The minimum atomic E-state index is -0.808. The van der Waals surface area contributed by atoms with Gasteiger partial charge in [-0.15, -0.1) is 0 Å². The van der Waals surface area contributed by atoms with Crippen LogP contribution in [-0.4, -0.2) is 49.3 Å². The maximum atomic E-state index is 10.6. The molecule has 0 aromatic carbocycles. The largest absolute Gasteiger partial charge is 0.480 e. The predicted octanol–water partition coefficient (Wildman–Crippen LogP) is 1.06. The second-order valence-electron chi connectivity index (χ2n) is 4.65. The molecule has 84 valence electrons. The van der Waals surface area contributed by atoms with Crippen LogP contribution in [0.2, 0.25) is 0 Å². The van der Waals surface area contributed by atoms with E-state index in [-0.39, 0.29) is 18.0 Å². The molecule has 1 atom stereocenters. The van der Waals surface area contributed by atoms with Crippen molar-refractivity contribution in [2.45, 2.75) is 26.8 Å². The maximum Gasteiger partial charge on any atom is 0.317 e. The Balaban J connectivity index is 4.40. The lowest BCUT2D eigenvalue weighted by Gasteiger charge is -2.36. The standard InChI is InChI=1S/C10H21NO3/c1-10(2,3)8(7-14-5)11(4)6-9(12)13/h8H,6-7H2,1-5H3,(H,12,13). The van der Waals surface area contributed by atoms with E-state index in [1.165, 1.54) is 0 Å². The van der Waals surface area contributed by atoms with Crippen molar-refractivity contribution in [3.8, 4) is 0 Å². The van der Waals surface area contributed by atoms with E-state index in [2.05, 4.69) is 20.8 Å². The zero-order valence-electron chi connectivity index (χ0n) is 9.70. The molecule has 0 saturated carbocycles. The zero-order chi connectivity index (χ0) is 11.4. The van der Waals surface area contributed by atoms with Crippen LogP contribution in [0.15, 0.2) is 0 Å². The van der Waals surface area contributed by atoms with Crippen LogP contribution in [0.3, 0.4) is 0 Å². The zero-order valence-corrected chi connectivity index (χ0v) is 9.70. The Morgan fingerprint density at radius 3 is 2.29 bits per heavy atom.